The van der Waals surface area contributed by atoms with Gasteiger partial charge in [-0.05, 0) is 19.0 Å². The minimum Gasteiger partial charge on any atom is -0.360 e. The van der Waals surface area contributed by atoms with E-state index in [1.54, 1.807) is 30.1 Å². The van der Waals surface area contributed by atoms with Crippen molar-refractivity contribution < 1.29 is 9.72 Å². The second-order valence-corrected chi connectivity index (χ2v) is 5.20. The molecule has 7 heteroatoms. The van der Waals surface area contributed by atoms with E-state index in [-0.39, 0.29) is 18.1 Å². The number of anilines is 1. The highest BCUT2D eigenvalue weighted by Crippen LogP contribution is 2.26. The van der Waals surface area contributed by atoms with Crippen LogP contribution in [0.2, 0.25) is 0 Å². The lowest BCUT2D eigenvalue weighted by Gasteiger charge is -2.19. The summed E-state index contributed by atoms with van der Waals surface area (Å²) < 4.78 is 0. The van der Waals surface area contributed by atoms with Crippen LogP contribution in [0.3, 0.4) is 0 Å². The fourth-order valence-electron chi connectivity index (χ4n) is 2.34. The molecule has 7 nitrogen and oxygen atoms in total. The zero-order valence-electron chi connectivity index (χ0n) is 12.5. The summed E-state index contributed by atoms with van der Waals surface area (Å²) in [4.78, 5) is 24.1. The van der Waals surface area contributed by atoms with Crippen LogP contribution in [0.5, 0.6) is 0 Å². The molecular weight excluding hydrogens is 284 g/mol. The highest BCUT2D eigenvalue weighted by molar-refractivity contribution is 5.82. The van der Waals surface area contributed by atoms with Crippen molar-refractivity contribution in [2.75, 3.05) is 38.1 Å². The molecule has 2 rings (SSSR count). The first-order chi connectivity index (χ1) is 10.6. The molecule has 1 aliphatic rings. The third-order valence-electron chi connectivity index (χ3n) is 3.54. The molecule has 0 atom stereocenters. The number of para-hydroxylation sites is 2. The lowest BCUT2D eigenvalue weighted by Crippen LogP contribution is -2.37. The van der Waals surface area contributed by atoms with E-state index < -0.39 is 4.92 Å². The topological polar surface area (TPSA) is 87.5 Å². The van der Waals surface area contributed by atoms with Crippen molar-refractivity contribution in [1.29, 1.82) is 0 Å². The van der Waals surface area contributed by atoms with Crippen molar-refractivity contribution in [3.63, 3.8) is 0 Å². The van der Waals surface area contributed by atoms with Gasteiger partial charge in [0.2, 0.25) is 5.91 Å². The number of carbonyl (C=O) groups excluding carboxylic acids is 1. The maximum Gasteiger partial charge on any atom is 0.292 e. The largest absolute Gasteiger partial charge is 0.360 e. The molecule has 1 amide bonds. The molecule has 0 aliphatic carbocycles. The predicted octanol–water partition coefficient (Wildman–Crippen LogP) is 1.07. The van der Waals surface area contributed by atoms with Gasteiger partial charge in [0.1, 0.15) is 5.69 Å². The van der Waals surface area contributed by atoms with E-state index in [9.17, 15) is 14.9 Å². The molecule has 1 aromatic rings. The molecule has 2 N–H and O–H groups in total. The predicted molar refractivity (Wildman–Crippen MR) is 84.9 cm³/mol. The van der Waals surface area contributed by atoms with Gasteiger partial charge < -0.3 is 15.5 Å². The molecule has 1 heterocycles. The maximum atomic E-state index is 12.0. The van der Waals surface area contributed by atoms with Crippen LogP contribution >= 0.6 is 0 Å². The quantitative estimate of drug-likeness (QED) is 0.466. The summed E-state index contributed by atoms with van der Waals surface area (Å²) in [7, 11) is 1.67. The van der Waals surface area contributed by atoms with Crippen LogP contribution in [-0.2, 0) is 4.79 Å². The Morgan fingerprint density at radius 2 is 2.23 bits per heavy atom. The van der Waals surface area contributed by atoms with E-state index >= 15 is 0 Å². The van der Waals surface area contributed by atoms with Crippen LogP contribution in [-0.4, -0.2) is 44.1 Å². The number of amides is 1. The second kappa shape index (κ2) is 7.56. The number of nitro benzene ring substituents is 1. The van der Waals surface area contributed by atoms with Crippen LogP contribution in [0.1, 0.15) is 6.42 Å². The molecule has 0 saturated carbocycles. The van der Waals surface area contributed by atoms with Crippen molar-refractivity contribution in [3.8, 4) is 0 Å². The van der Waals surface area contributed by atoms with Crippen molar-refractivity contribution in [2.24, 2.45) is 0 Å². The Bertz CT molecular complexity index is 586. The van der Waals surface area contributed by atoms with Crippen LogP contribution in [0.25, 0.3) is 0 Å². The number of likely N-dealkylation sites (N-methyl/N-ethyl adjacent to an activating group) is 1. The number of hydrogen-bond acceptors (Lipinski definition) is 5. The van der Waals surface area contributed by atoms with Gasteiger partial charge in [-0.25, -0.2) is 0 Å². The first-order valence-corrected chi connectivity index (χ1v) is 7.18. The van der Waals surface area contributed by atoms with Gasteiger partial charge in [0.25, 0.3) is 5.69 Å². The third-order valence-corrected chi connectivity index (χ3v) is 3.54. The third kappa shape index (κ3) is 4.29. The van der Waals surface area contributed by atoms with Gasteiger partial charge in [0, 0.05) is 26.2 Å². The number of hydrogen-bond donors (Lipinski definition) is 2. The minimum absolute atomic E-state index is 0.00105. The zero-order chi connectivity index (χ0) is 15.9. The Balaban J connectivity index is 1.91. The molecule has 0 unspecified atom stereocenters. The van der Waals surface area contributed by atoms with E-state index in [0.717, 1.165) is 19.5 Å². The fraction of sp³-hybridized carbons (Fsp3) is 0.400. The van der Waals surface area contributed by atoms with Crippen molar-refractivity contribution in [3.05, 3.63) is 46.0 Å². The molecule has 1 aromatic carbocycles. The highest BCUT2D eigenvalue weighted by atomic mass is 16.6. The van der Waals surface area contributed by atoms with E-state index in [2.05, 4.69) is 16.7 Å². The Hall–Kier alpha value is -2.41. The van der Waals surface area contributed by atoms with E-state index in [0.29, 0.717) is 12.2 Å². The van der Waals surface area contributed by atoms with Crippen molar-refractivity contribution in [2.45, 2.75) is 6.42 Å². The number of carbonyl (C=O) groups is 1. The van der Waals surface area contributed by atoms with Gasteiger partial charge in [0.15, 0.2) is 0 Å². The van der Waals surface area contributed by atoms with Gasteiger partial charge >= 0.3 is 0 Å². The maximum absolute atomic E-state index is 12.0. The summed E-state index contributed by atoms with van der Waals surface area (Å²) >= 11 is 0. The fourth-order valence-corrected chi connectivity index (χ4v) is 2.34. The first-order valence-electron chi connectivity index (χ1n) is 7.18. The lowest BCUT2D eigenvalue weighted by atomic mass is 10.1. The number of nitrogens with one attached hydrogen (secondary N) is 2. The van der Waals surface area contributed by atoms with Gasteiger partial charge in [-0.2, -0.15) is 0 Å². The van der Waals surface area contributed by atoms with Gasteiger partial charge in [0.05, 0.1) is 11.5 Å². The first kappa shape index (κ1) is 16.0. The van der Waals surface area contributed by atoms with Gasteiger partial charge in [-0.15, -0.1) is 0 Å². The number of benzene rings is 1. The van der Waals surface area contributed by atoms with Crippen LogP contribution in [0, 0.1) is 10.1 Å². The average molecular weight is 304 g/mol. The molecule has 0 spiro atoms. The van der Waals surface area contributed by atoms with E-state index in [1.807, 2.05) is 0 Å². The smallest absolute Gasteiger partial charge is 0.292 e. The summed E-state index contributed by atoms with van der Waals surface area (Å²) in [5.41, 5.74) is 1.64. The minimum atomic E-state index is -0.441. The van der Waals surface area contributed by atoms with E-state index in [1.165, 1.54) is 11.6 Å². The molecular formula is C15H20N4O3. The Kier molecular flexibility index (Phi) is 5.48. The van der Waals surface area contributed by atoms with Crippen LogP contribution in [0.15, 0.2) is 35.9 Å². The molecule has 0 bridgehead atoms. The zero-order valence-corrected chi connectivity index (χ0v) is 12.5. The standard InChI is InChI=1S/C15H20N4O3/c1-18(13-4-2-3-5-14(13)19(21)22)11-15(20)17-10-12-6-8-16-9-7-12/h2-6,16H,7-11H2,1H3,(H,17,20). The van der Waals surface area contributed by atoms with Crippen LogP contribution in [0.4, 0.5) is 11.4 Å². The summed E-state index contributed by atoms with van der Waals surface area (Å²) in [6.45, 7) is 2.38. The molecule has 22 heavy (non-hydrogen) atoms. The summed E-state index contributed by atoms with van der Waals surface area (Å²) in [5, 5.41) is 17.1. The number of nitro groups is 1. The number of rotatable bonds is 6. The lowest BCUT2D eigenvalue weighted by molar-refractivity contribution is -0.384. The van der Waals surface area contributed by atoms with Crippen molar-refractivity contribution >= 4 is 17.3 Å². The normalized spacial score (nSPS) is 14.1. The van der Waals surface area contributed by atoms with E-state index in [4.69, 9.17) is 0 Å². The molecule has 1 aliphatic heterocycles. The highest BCUT2D eigenvalue weighted by Gasteiger charge is 2.17. The summed E-state index contributed by atoms with van der Waals surface area (Å²) in [6.07, 6.45) is 3.01. The summed E-state index contributed by atoms with van der Waals surface area (Å²) in [5.74, 6) is -0.153. The Labute approximate surface area is 129 Å². The molecule has 118 valence electrons. The molecule has 0 saturated heterocycles. The molecule has 0 fully saturated rings. The Morgan fingerprint density at radius 3 is 2.91 bits per heavy atom. The second-order valence-electron chi connectivity index (χ2n) is 5.20. The monoisotopic (exact) mass is 304 g/mol. The summed E-state index contributed by atoms with van der Waals surface area (Å²) in [6, 6.07) is 6.40. The van der Waals surface area contributed by atoms with Crippen molar-refractivity contribution in [1.82, 2.24) is 10.6 Å². The van der Waals surface area contributed by atoms with Gasteiger partial charge in [-0.3, -0.25) is 14.9 Å². The van der Waals surface area contributed by atoms with Crippen LogP contribution < -0.4 is 15.5 Å². The SMILES string of the molecule is CN(CC(=O)NCC1=CCNCC1)c1ccccc1[N+](=O)[O-]. The Morgan fingerprint density at radius 1 is 1.45 bits per heavy atom. The molecule has 0 aromatic heterocycles. The molecule has 0 radical (unpaired) electrons. The number of nitrogens with zero attached hydrogens (tertiary/aromatic N) is 2. The van der Waals surface area contributed by atoms with Gasteiger partial charge in [-0.1, -0.05) is 23.8 Å². The average Bonchev–Trinajstić information content (AvgIpc) is 2.54.